The van der Waals surface area contributed by atoms with Crippen LogP contribution in [-0.4, -0.2) is 9.97 Å². The largest absolute Gasteiger partial charge is 0.361 e. The zero-order valence-electron chi connectivity index (χ0n) is 8.44. The maximum absolute atomic E-state index is 13.2. The lowest BCUT2D eigenvalue weighted by Crippen LogP contribution is -1.78. The van der Waals surface area contributed by atoms with Crippen LogP contribution < -0.4 is 0 Å². The molecular weight excluding hydrogens is 203 g/mol. The monoisotopic (exact) mass is 212 g/mol. The van der Waals surface area contributed by atoms with E-state index < -0.39 is 0 Å². The van der Waals surface area contributed by atoms with E-state index in [2.05, 4.69) is 9.97 Å². The number of nitrogens with zero attached hydrogens (tertiary/aromatic N) is 1. The second-order valence-corrected chi connectivity index (χ2v) is 3.63. The highest BCUT2D eigenvalue weighted by atomic mass is 19.1. The summed E-state index contributed by atoms with van der Waals surface area (Å²) in [6.07, 6.45) is 5.37. The number of aromatic amines is 1. The Bertz CT molecular complexity index is 629. The van der Waals surface area contributed by atoms with Crippen LogP contribution in [0.2, 0.25) is 0 Å². The van der Waals surface area contributed by atoms with Crippen molar-refractivity contribution >= 4 is 10.9 Å². The van der Waals surface area contributed by atoms with Crippen LogP contribution in [0.25, 0.3) is 22.0 Å². The predicted molar refractivity (Wildman–Crippen MR) is 61.5 cm³/mol. The van der Waals surface area contributed by atoms with Crippen LogP contribution in [0.3, 0.4) is 0 Å². The van der Waals surface area contributed by atoms with Crippen molar-refractivity contribution < 1.29 is 4.39 Å². The summed E-state index contributed by atoms with van der Waals surface area (Å²) in [5, 5.41) is 0.882. The third kappa shape index (κ3) is 1.37. The average molecular weight is 212 g/mol. The molecule has 1 aromatic carbocycles. The molecule has 78 valence electrons. The molecule has 0 aliphatic rings. The first kappa shape index (κ1) is 9.09. The lowest BCUT2D eigenvalue weighted by atomic mass is 10.1. The highest BCUT2D eigenvalue weighted by Gasteiger charge is 2.06. The zero-order chi connectivity index (χ0) is 11.0. The molecule has 0 saturated carbocycles. The van der Waals surface area contributed by atoms with Crippen molar-refractivity contribution in [3.05, 3.63) is 54.7 Å². The number of benzene rings is 1. The molecule has 2 nitrogen and oxygen atoms in total. The molecule has 0 bridgehead atoms. The number of hydrogen-bond donors (Lipinski definition) is 1. The van der Waals surface area contributed by atoms with Crippen molar-refractivity contribution in [2.75, 3.05) is 0 Å². The van der Waals surface area contributed by atoms with E-state index in [4.69, 9.17) is 0 Å². The smallest absolute Gasteiger partial charge is 0.123 e. The number of pyridine rings is 1. The fourth-order valence-corrected chi connectivity index (χ4v) is 1.85. The zero-order valence-corrected chi connectivity index (χ0v) is 8.44. The number of halogens is 1. The van der Waals surface area contributed by atoms with Gasteiger partial charge in [-0.3, -0.25) is 4.98 Å². The van der Waals surface area contributed by atoms with Crippen molar-refractivity contribution in [3.63, 3.8) is 0 Å². The van der Waals surface area contributed by atoms with Gasteiger partial charge in [-0.1, -0.05) is 6.07 Å². The summed E-state index contributed by atoms with van der Waals surface area (Å²) >= 11 is 0. The van der Waals surface area contributed by atoms with Crippen molar-refractivity contribution in [1.82, 2.24) is 9.97 Å². The molecule has 0 amide bonds. The first-order chi connectivity index (χ1) is 7.84. The molecule has 2 aromatic heterocycles. The van der Waals surface area contributed by atoms with Gasteiger partial charge in [0.1, 0.15) is 5.82 Å². The lowest BCUT2D eigenvalue weighted by Gasteiger charge is -1.98. The van der Waals surface area contributed by atoms with E-state index in [1.807, 2.05) is 18.3 Å². The standard InChI is InChI=1S/C13H9FN2/c14-10-3-4-13-11(6-10)12(8-16-13)9-2-1-5-15-7-9/h1-8,16H. The van der Waals surface area contributed by atoms with E-state index in [1.54, 1.807) is 18.5 Å². The topological polar surface area (TPSA) is 28.7 Å². The van der Waals surface area contributed by atoms with Gasteiger partial charge in [-0.15, -0.1) is 0 Å². The molecule has 16 heavy (non-hydrogen) atoms. The van der Waals surface area contributed by atoms with Crippen LogP contribution in [0.1, 0.15) is 0 Å². The summed E-state index contributed by atoms with van der Waals surface area (Å²) < 4.78 is 13.2. The van der Waals surface area contributed by atoms with Crippen molar-refractivity contribution in [1.29, 1.82) is 0 Å². The first-order valence-corrected chi connectivity index (χ1v) is 5.01. The molecule has 0 spiro atoms. The molecule has 0 aliphatic carbocycles. The molecule has 3 heteroatoms. The Morgan fingerprint density at radius 2 is 2.12 bits per heavy atom. The molecule has 1 N–H and O–H groups in total. The summed E-state index contributed by atoms with van der Waals surface area (Å²) in [7, 11) is 0. The van der Waals surface area contributed by atoms with E-state index in [9.17, 15) is 4.39 Å². The summed E-state index contributed by atoms with van der Waals surface area (Å²) in [5.41, 5.74) is 2.89. The molecule has 0 aliphatic heterocycles. The summed E-state index contributed by atoms with van der Waals surface area (Å²) in [6.45, 7) is 0. The Morgan fingerprint density at radius 3 is 2.94 bits per heavy atom. The van der Waals surface area contributed by atoms with Gasteiger partial charge >= 0.3 is 0 Å². The summed E-state index contributed by atoms with van der Waals surface area (Å²) in [6, 6.07) is 8.55. The van der Waals surface area contributed by atoms with Gasteiger partial charge in [0.05, 0.1) is 0 Å². The van der Waals surface area contributed by atoms with Crippen LogP contribution in [0.4, 0.5) is 4.39 Å². The molecule has 0 atom stereocenters. The molecule has 3 rings (SSSR count). The Hall–Kier alpha value is -2.16. The minimum absolute atomic E-state index is 0.225. The van der Waals surface area contributed by atoms with E-state index in [0.29, 0.717) is 0 Å². The predicted octanol–water partition coefficient (Wildman–Crippen LogP) is 3.37. The van der Waals surface area contributed by atoms with Crippen molar-refractivity contribution in [2.45, 2.75) is 0 Å². The fraction of sp³-hybridized carbons (Fsp3) is 0. The van der Waals surface area contributed by atoms with Gasteiger partial charge in [-0.25, -0.2) is 4.39 Å². The van der Waals surface area contributed by atoms with Crippen molar-refractivity contribution in [2.24, 2.45) is 0 Å². The number of H-pyrrole nitrogens is 1. The number of hydrogen-bond acceptors (Lipinski definition) is 1. The molecule has 0 saturated heterocycles. The van der Waals surface area contributed by atoms with Crippen molar-refractivity contribution in [3.8, 4) is 11.1 Å². The van der Waals surface area contributed by atoms with Crippen LogP contribution in [-0.2, 0) is 0 Å². The normalized spacial score (nSPS) is 10.8. The third-order valence-corrected chi connectivity index (χ3v) is 2.62. The highest BCUT2D eigenvalue weighted by Crippen LogP contribution is 2.28. The van der Waals surface area contributed by atoms with Gasteiger partial charge in [-0.05, 0) is 24.3 Å². The SMILES string of the molecule is Fc1ccc2[nH]cc(-c3cccnc3)c2c1. The second-order valence-electron chi connectivity index (χ2n) is 3.63. The van der Waals surface area contributed by atoms with Crippen LogP contribution in [0.15, 0.2) is 48.9 Å². The lowest BCUT2D eigenvalue weighted by molar-refractivity contribution is 0.630. The van der Waals surface area contributed by atoms with Crippen LogP contribution in [0.5, 0.6) is 0 Å². The fourth-order valence-electron chi connectivity index (χ4n) is 1.85. The van der Waals surface area contributed by atoms with Gasteiger partial charge in [0, 0.05) is 40.6 Å². The summed E-state index contributed by atoms with van der Waals surface area (Å²) in [5.74, 6) is -0.225. The number of aromatic nitrogens is 2. The molecule has 3 aromatic rings. The van der Waals surface area contributed by atoms with Crippen LogP contribution >= 0.6 is 0 Å². The minimum atomic E-state index is -0.225. The van der Waals surface area contributed by atoms with Gasteiger partial charge in [-0.2, -0.15) is 0 Å². The number of rotatable bonds is 1. The Kier molecular flexibility index (Phi) is 1.96. The number of nitrogens with one attached hydrogen (secondary N) is 1. The Morgan fingerprint density at radius 1 is 1.19 bits per heavy atom. The van der Waals surface area contributed by atoms with Gasteiger partial charge in [0.25, 0.3) is 0 Å². The van der Waals surface area contributed by atoms with E-state index in [-0.39, 0.29) is 5.82 Å². The molecule has 0 radical (unpaired) electrons. The molecule has 2 heterocycles. The average Bonchev–Trinajstić information content (AvgIpc) is 2.73. The summed E-state index contributed by atoms with van der Waals surface area (Å²) in [4.78, 5) is 7.18. The second kappa shape index (κ2) is 3.45. The maximum Gasteiger partial charge on any atom is 0.123 e. The molecule has 0 fully saturated rings. The number of fused-ring (bicyclic) bond motifs is 1. The van der Waals surface area contributed by atoms with E-state index in [0.717, 1.165) is 22.0 Å². The van der Waals surface area contributed by atoms with E-state index in [1.165, 1.54) is 12.1 Å². The van der Waals surface area contributed by atoms with Gasteiger partial charge < -0.3 is 4.98 Å². The van der Waals surface area contributed by atoms with Crippen LogP contribution in [0, 0.1) is 5.82 Å². The van der Waals surface area contributed by atoms with Gasteiger partial charge in [0.15, 0.2) is 0 Å². The molecular formula is C13H9FN2. The Labute approximate surface area is 91.8 Å². The Balaban J connectivity index is 2.29. The maximum atomic E-state index is 13.2. The minimum Gasteiger partial charge on any atom is -0.361 e. The first-order valence-electron chi connectivity index (χ1n) is 5.01. The molecule has 0 unspecified atom stereocenters. The van der Waals surface area contributed by atoms with E-state index >= 15 is 0 Å². The third-order valence-electron chi connectivity index (χ3n) is 2.62. The highest BCUT2D eigenvalue weighted by molar-refractivity contribution is 5.95. The van der Waals surface area contributed by atoms with Gasteiger partial charge in [0.2, 0.25) is 0 Å². The quantitative estimate of drug-likeness (QED) is 0.658.